The number of hydrogen-bond donors (Lipinski definition) is 1. The molecule has 1 amide bonds. The van der Waals surface area contributed by atoms with E-state index < -0.39 is 0 Å². The summed E-state index contributed by atoms with van der Waals surface area (Å²) in [6, 6.07) is 6.15. The average molecular weight is 326 g/mol. The molecule has 5 heteroatoms. The maximum Gasteiger partial charge on any atom is 0.239 e. The van der Waals surface area contributed by atoms with Crippen LogP contribution in [-0.2, 0) is 4.79 Å². The highest BCUT2D eigenvalue weighted by Crippen LogP contribution is 2.23. The minimum Gasteiger partial charge on any atom is -0.368 e. The Morgan fingerprint density at radius 1 is 1.14 bits per heavy atom. The van der Waals surface area contributed by atoms with Gasteiger partial charge in [0.25, 0.3) is 0 Å². The van der Waals surface area contributed by atoms with Crippen molar-refractivity contribution in [3.05, 3.63) is 29.3 Å². The van der Waals surface area contributed by atoms with Gasteiger partial charge in [0.15, 0.2) is 0 Å². The van der Waals surface area contributed by atoms with Crippen LogP contribution in [0.5, 0.6) is 0 Å². The summed E-state index contributed by atoms with van der Waals surface area (Å²) < 4.78 is 0. The molecule has 0 radical (unpaired) electrons. The van der Waals surface area contributed by atoms with E-state index in [1.807, 2.05) is 18.7 Å². The maximum absolute atomic E-state index is 12.3. The number of amides is 1. The molecule has 124 valence electrons. The zero-order chi connectivity index (χ0) is 15.6. The molecule has 1 heterocycles. The molecule has 1 aromatic rings. The van der Waals surface area contributed by atoms with Crippen LogP contribution in [0.15, 0.2) is 18.2 Å². The molecule has 22 heavy (non-hydrogen) atoms. The maximum atomic E-state index is 12.3. The van der Waals surface area contributed by atoms with Crippen LogP contribution in [0.4, 0.5) is 5.69 Å². The van der Waals surface area contributed by atoms with Crippen LogP contribution in [0.1, 0.15) is 25.0 Å². The highest BCUT2D eigenvalue weighted by Gasteiger charge is 2.27. The van der Waals surface area contributed by atoms with Gasteiger partial charge in [0.2, 0.25) is 5.91 Å². The lowest BCUT2D eigenvalue weighted by Gasteiger charge is -2.38. The lowest BCUT2D eigenvalue weighted by molar-refractivity contribution is -0.133. The van der Waals surface area contributed by atoms with E-state index in [9.17, 15) is 4.79 Å². The van der Waals surface area contributed by atoms with Crippen molar-refractivity contribution in [2.45, 2.75) is 33.7 Å². The van der Waals surface area contributed by atoms with E-state index in [1.165, 1.54) is 16.8 Å². The second kappa shape index (κ2) is 7.84. The van der Waals surface area contributed by atoms with Gasteiger partial charge in [-0.15, -0.1) is 12.4 Å². The lowest BCUT2D eigenvalue weighted by atomic mass is 10.0. The monoisotopic (exact) mass is 325 g/mol. The fourth-order valence-corrected chi connectivity index (χ4v) is 2.72. The van der Waals surface area contributed by atoms with Gasteiger partial charge < -0.3 is 15.5 Å². The molecule has 4 nitrogen and oxygen atoms in total. The average Bonchev–Trinajstić information content (AvgIpc) is 2.48. The Labute approximate surface area is 140 Å². The summed E-state index contributed by atoms with van der Waals surface area (Å²) >= 11 is 0. The van der Waals surface area contributed by atoms with Gasteiger partial charge in [0, 0.05) is 31.9 Å². The van der Waals surface area contributed by atoms with E-state index in [0.29, 0.717) is 0 Å². The van der Waals surface area contributed by atoms with Crippen LogP contribution in [0, 0.1) is 19.8 Å². The van der Waals surface area contributed by atoms with Crippen LogP contribution in [0.2, 0.25) is 0 Å². The molecule has 0 spiro atoms. The fraction of sp³-hybridized carbons (Fsp3) is 0.588. The van der Waals surface area contributed by atoms with Crippen molar-refractivity contribution in [1.82, 2.24) is 4.90 Å². The zero-order valence-corrected chi connectivity index (χ0v) is 14.8. The third-order valence-corrected chi connectivity index (χ3v) is 4.30. The van der Waals surface area contributed by atoms with Crippen molar-refractivity contribution in [3.63, 3.8) is 0 Å². The number of nitrogens with zero attached hydrogens (tertiary/aromatic N) is 2. The lowest BCUT2D eigenvalue weighted by Crippen LogP contribution is -2.54. The Kier molecular flexibility index (Phi) is 6.69. The second-order valence-electron chi connectivity index (χ2n) is 6.37. The molecule has 0 unspecified atom stereocenters. The Hall–Kier alpha value is -1.26. The number of carbonyl (C=O) groups is 1. The van der Waals surface area contributed by atoms with Crippen LogP contribution < -0.4 is 10.6 Å². The molecular weight excluding hydrogens is 298 g/mol. The summed E-state index contributed by atoms with van der Waals surface area (Å²) in [5.74, 6) is 0.278. The topological polar surface area (TPSA) is 49.6 Å². The van der Waals surface area contributed by atoms with E-state index in [0.717, 1.165) is 26.2 Å². The van der Waals surface area contributed by atoms with Crippen molar-refractivity contribution >= 4 is 24.0 Å². The number of piperazine rings is 1. The highest BCUT2D eigenvalue weighted by atomic mass is 35.5. The van der Waals surface area contributed by atoms with Crippen LogP contribution in [-0.4, -0.2) is 43.0 Å². The predicted molar refractivity (Wildman–Crippen MR) is 94.8 cm³/mol. The van der Waals surface area contributed by atoms with E-state index in [2.05, 4.69) is 36.9 Å². The number of benzene rings is 1. The van der Waals surface area contributed by atoms with Crippen molar-refractivity contribution in [3.8, 4) is 0 Å². The van der Waals surface area contributed by atoms with E-state index >= 15 is 0 Å². The number of halogens is 1. The van der Waals surface area contributed by atoms with Crippen molar-refractivity contribution in [2.24, 2.45) is 11.7 Å². The molecule has 0 aliphatic carbocycles. The first-order valence-corrected chi connectivity index (χ1v) is 7.76. The van der Waals surface area contributed by atoms with Gasteiger partial charge in [0.05, 0.1) is 6.04 Å². The van der Waals surface area contributed by atoms with Gasteiger partial charge in [0.1, 0.15) is 0 Å². The molecule has 2 rings (SSSR count). The van der Waals surface area contributed by atoms with Gasteiger partial charge >= 0.3 is 0 Å². The van der Waals surface area contributed by atoms with Crippen LogP contribution >= 0.6 is 12.4 Å². The minimum atomic E-state index is -0.378. The number of anilines is 1. The molecule has 1 aliphatic rings. The smallest absolute Gasteiger partial charge is 0.239 e. The van der Waals surface area contributed by atoms with E-state index in [4.69, 9.17) is 5.73 Å². The normalized spacial score (nSPS) is 16.5. The summed E-state index contributed by atoms with van der Waals surface area (Å²) in [5, 5.41) is 0. The fourth-order valence-electron chi connectivity index (χ4n) is 2.72. The molecular formula is C17H28ClN3O. The SMILES string of the molecule is Cc1ccc(C)c(N2CCN(C(=O)[C@@H](N)C(C)C)CC2)c1.Cl. The van der Waals surface area contributed by atoms with Gasteiger partial charge in [-0.2, -0.15) is 0 Å². The third-order valence-electron chi connectivity index (χ3n) is 4.30. The molecule has 1 aromatic carbocycles. The molecule has 0 aromatic heterocycles. The number of carbonyl (C=O) groups excluding carboxylic acids is 1. The van der Waals surface area contributed by atoms with Gasteiger partial charge in [-0.3, -0.25) is 4.79 Å². The van der Waals surface area contributed by atoms with Crippen molar-refractivity contribution < 1.29 is 4.79 Å². The van der Waals surface area contributed by atoms with Gasteiger partial charge in [-0.25, -0.2) is 0 Å². The largest absolute Gasteiger partial charge is 0.368 e. The summed E-state index contributed by atoms with van der Waals surface area (Å²) in [6.07, 6.45) is 0. The van der Waals surface area contributed by atoms with Crippen LogP contribution in [0.25, 0.3) is 0 Å². The standard InChI is InChI=1S/C17H27N3O.ClH/c1-12(2)16(18)17(21)20-9-7-19(8-10-20)15-11-13(3)5-6-14(15)4;/h5-6,11-12,16H,7-10,18H2,1-4H3;1H/t16-;/m0./s1. The summed E-state index contributed by atoms with van der Waals surface area (Å²) in [5.41, 5.74) is 9.83. The Bertz CT molecular complexity index is 511. The van der Waals surface area contributed by atoms with Crippen molar-refractivity contribution in [1.29, 1.82) is 0 Å². The number of nitrogens with two attached hydrogens (primary N) is 1. The Morgan fingerprint density at radius 3 is 2.27 bits per heavy atom. The quantitative estimate of drug-likeness (QED) is 0.928. The number of hydrogen-bond acceptors (Lipinski definition) is 3. The first kappa shape index (κ1) is 18.8. The predicted octanol–water partition coefficient (Wildman–Crippen LogP) is 2.36. The number of aryl methyl sites for hydroxylation is 2. The zero-order valence-electron chi connectivity index (χ0n) is 14.0. The summed E-state index contributed by atoms with van der Waals surface area (Å²) in [6.45, 7) is 11.5. The minimum absolute atomic E-state index is 0. The van der Waals surface area contributed by atoms with E-state index in [-0.39, 0.29) is 30.3 Å². The van der Waals surface area contributed by atoms with E-state index in [1.54, 1.807) is 0 Å². The molecule has 1 atom stereocenters. The van der Waals surface area contributed by atoms with Gasteiger partial charge in [-0.1, -0.05) is 26.0 Å². The molecule has 0 bridgehead atoms. The number of rotatable bonds is 3. The van der Waals surface area contributed by atoms with Crippen LogP contribution in [0.3, 0.4) is 0 Å². The molecule has 1 saturated heterocycles. The molecule has 1 fully saturated rings. The summed E-state index contributed by atoms with van der Waals surface area (Å²) in [7, 11) is 0. The van der Waals surface area contributed by atoms with Gasteiger partial charge in [-0.05, 0) is 37.0 Å². The highest BCUT2D eigenvalue weighted by molar-refractivity contribution is 5.85. The molecule has 0 saturated carbocycles. The second-order valence-corrected chi connectivity index (χ2v) is 6.37. The van der Waals surface area contributed by atoms with Crippen molar-refractivity contribution in [2.75, 3.05) is 31.1 Å². The third kappa shape index (κ3) is 4.14. The molecule has 1 aliphatic heterocycles. The molecule has 2 N–H and O–H groups in total. The summed E-state index contributed by atoms with van der Waals surface area (Å²) in [4.78, 5) is 16.6. The Morgan fingerprint density at radius 2 is 1.73 bits per heavy atom. The Balaban J connectivity index is 0.00000242. The first-order valence-electron chi connectivity index (χ1n) is 7.76. The first-order chi connectivity index (χ1) is 9.90.